The Kier molecular flexibility index (Phi) is 3.85. The van der Waals surface area contributed by atoms with E-state index in [0.29, 0.717) is 24.8 Å². The third-order valence-corrected chi connectivity index (χ3v) is 4.25. The Morgan fingerprint density at radius 3 is 2.90 bits per heavy atom. The van der Waals surface area contributed by atoms with Crippen molar-refractivity contribution in [3.05, 3.63) is 23.8 Å². The summed E-state index contributed by atoms with van der Waals surface area (Å²) in [6.07, 6.45) is 0. The molecule has 3 rings (SSSR count). The Hall–Kier alpha value is -1.26. The monoisotopic (exact) mass is 276 g/mol. The number of ether oxygens (including phenoxy) is 2. The van der Waals surface area contributed by atoms with Crippen LogP contribution in [0.4, 0.5) is 0 Å². The minimum Gasteiger partial charge on any atom is -0.454 e. The van der Waals surface area contributed by atoms with Gasteiger partial charge in [-0.3, -0.25) is 4.90 Å². The molecular weight excluding hydrogens is 252 g/mol. The first-order valence-electron chi connectivity index (χ1n) is 7.49. The minimum atomic E-state index is 0.345. The van der Waals surface area contributed by atoms with Crippen molar-refractivity contribution in [2.75, 3.05) is 19.9 Å². The van der Waals surface area contributed by atoms with Crippen molar-refractivity contribution in [3.63, 3.8) is 0 Å². The molecule has 1 fully saturated rings. The van der Waals surface area contributed by atoms with Gasteiger partial charge in [-0.15, -0.1) is 0 Å². The lowest BCUT2D eigenvalue weighted by Crippen LogP contribution is -2.56. The molecule has 2 atom stereocenters. The molecule has 4 nitrogen and oxygen atoms in total. The molecule has 0 radical (unpaired) electrons. The summed E-state index contributed by atoms with van der Waals surface area (Å²) in [6.45, 7) is 10.3. The summed E-state index contributed by atoms with van der Waals surface area (Å²) in [5.74, 6) is 2.40. The number of rotatable bonds is 3. The summed E-state index contributed by atoms with van der Waals surface area (Å²) in [5.41, 5.74) is 1.30. The smallest absolute Gasteiger partial charge is 0.231 e. The van der Waals surface area contributed by atoms with Crippen LogP contribution in [0.2, 0.25) is 0 Å². The Morgan fingerprint density at radius 2 is 2.10 bits per heavy atom. The van der Waals surface area contributed by atoms with E-state index in [1.54, 1.807) is 0 Å². The maximum atomic E-state index is 5.47. The summed E-state index contributed by atoms with van der Waals surface area (Å²) in [5, 5.41) is 3.58. The molecule has 1 N–H and O–H groups in total. The molecule has 0 aromatic heterocycles. The summed E-state index contributed by atoms with van der Waals surface area (Å²) < 4.78 is 10.8. The lowest BCUT2D eigenvalue weighted by molar-refractivity contribution is 0.0955. The van der Waals surface area contributed by atoms with Crippen molar-refractivity contribution >= 4 is 0 Å². The van der Waals surface area contributed by atoms with Gasteiger partial charge in [0.2, 0.25) is 6.79 Å². The van der Waals surface area contributed by atoms with Crippen molar-refractivity contribution < 1.29 is 9.47 Å². The van der Waals surface area contributed by atoms with Crippen LogP contribution in [-0.4, -0.2) is 36.9 Å². The Bertz CT molecular complexity index is 476. The van der Waals surface area contributed by atoms with Crippen LogP contribution in [0, 0.1) is 5.92 Å². The number of hydrogen-bond donors (Lipinski definition) is 1. The van der Waals surface area contributed by atoms with Gasteiger partial charge in [-0.25, -0.2) is 0 Å². The van der Waals surface area contributed by atoms with Crippen molar-refractivity contribution in [1.82, 2.24) is 10.2 Å². The SMILES string of the molecule is CC1CN(Cc2ccc3c(c2)OCO3)C(C(C)C)CN1. The Morgan fingerprint density at radius 1 is 1.30 bits per heavy atom. The lowest BCUT2D eigenvalue weighted by Gasteiger charge is -2.41. The van der Waals surface area contributed by atoms with Crippen LogP contribution >= 0.6 is 0 Å². The van der Waals surface area contributed by atoms with Crippen LogP contribution in [0.25, 0.3) is 0 Å². The maximum absolute atomic E-state index is 5.47. The van der Waals surface area contributed by atoms with Gasteiger partial charge in [0.25, 0.3) is 0 Å². The second kappa shape index (κ2) is 5.62. The third-order valence-electron chi connectivity index (χ3n) is 4.25. The van der Waals surface area contributed by atoms with Crippen LogP contribution in [0.5, 0.6) is 11.5 Å². The van der Waals surface area contributed by atoms with E-state index in [1.165, 1.54) is 5.56 Å². The second-order valence-electron chi connectivity index (χ2n) is 6.24. The summed E-state index contributed by atoms with van der Waals surface area (Å²) in [6, 6.07) is 7.44. The average Bonchev–Trinajstić information content (AvgIpc) is 2.85. The second-order valence-corrected chi connectivity index (χ2v) is 6.24. The zero-order valence-electron chi connectivity index (χ0n) is 12.6. The van der Waals surface area contributed by atoms with E-state index < -0.39 is 0 Å². The van der Waals surface area contributed by atoms with Crippen LogP contribution < -0.4 is 14.8 Å². The number of piperazine rings is 1. The average molecular weight is 276 g/mol. The van der Waals surface area contributed by atoms with Gasteiger partial charge in [0.15, 0.2) is 11.5 Å². The molecule has 2 aliphatic heterocycles. The van der Waals surface area contributed by atoms with Crippen LogP contribution in [0.15, 0.2) is 18.2 Å². The Balaban J connectivity index is 1.74. The van der Waals surface area contributed by atoms with Crippen molar-refractivity contribution in [2.24, 2.45) is 5.92 Å². The molecule has 1 aromatic rings. The first kappa shape index (κ1) is 13.7. The van der Waals surface area contributed by atoms with Gasteiger partial charge in [-0.05, 0) is 30.5 Å². The van der Waals surface area contributed by atoms with E-state index >= 15 is 0 Å². The molecule has 0 aliphatic carbocycles. The predicted octanol–water partition coefficient (Wildman–Crippen LogP) is 2.23. The summed E-state index contributed by atoms with van der Waals surface area (Å²) in [7, 11) is 0. The van der Waals surface area contributed by atoms with E-state index in [1.807, 2.05) is 6.07 Å². The molecule has 20 heavy (non-hydrogen) atoms. The van der Waals surface area contributed by atoms with Gasteiger partial charge in [-0.2, -0.15) is 0 Å². The van der Waals surface area contributed by atoms with Crippen LogP contribution in [0.1, 0.15) is 26.3 Å². The van der Waals surface area contributed by atoms with Crippen molar-refractivity contribution in [3.8, 4) is 11.5 Å². The van der Waals surface area contributed by atoms with E-state index in [9.17, 15) is 0 Å². The molecule has 0 saturated carbocycles. The van der Waals surface area contributed by atoms with E-state index in [2.05, 4.69) is 43.1 Å². The molecule has 1 aromatic carbocycles. The van der Waals surface area contributed by atoms with Gasteiger partial charge in [0.1, 0.15) is 0 Å². The van der Waals surface area contributed by atoms with Gasteiger partial charge in [-0.1, -0.05) is 19.9 Å². The quantitative estimate of drug-likeness (QED) is 0.918. The number of nitrogens with zero attached hydrogens (tertiary/aromatic N) is 1. The number of benzene rings is 1. The molecule has 110 valence electrons. The van der Waals surface area contributed by atoms with Crippen molar-refractivity contribution in [2.45, 2.75) is 39.4 Å². The van der Waals surface area contributed by atoms with Crippen LogP contribution in [-0.2, 0) is 6.54 Å². The van der Waals surface area contributed by atoms with E-state index in [0.717, 1.165) is 31.1 Å². The first-order valence-corrected chi connectivity index (χ1v) is 7.49. The largest absolute Gasteiger partial charge is 0.454 e. The number of nitrogens with one attached hydrogen (secondary N) is 1. The highest BCUT2D eigenvalue weighted by Gasteiger charge is 2.28. The zero-order valence-corrected chi connectivity index (χ0v) is 12.6. The highest BCUT2D eigenvalue weighted by atomic mass is 16.7. The molecule has 2 heterocycles. The Labute approximate surface area is 121 Å². The fraction of sp³-hybridized carbons (Fsp3) is 0.625. The molecule has 4 heteroatoms. The number of hydrogen-bond acceptors (Lipinski definition) is 4. The molecule has 2 unspecified atom stereocenters. The van der Waals surface area contributed by atoms with E-state index in [4.69, 9.17) is 9.47 Å². The normalized spacial score (nSPS) is 26.2. The van der Waals surface area contributed by atoms with Gasteiger partial charge < -0.3 is 14.8 Å². The van der Waals surface area contributed by atoms with Gasteiger partial charge in [0, 0.05) is 31.7 Å². The van der Waals surface area contributed by atoms with Crippen LogP contribution in [0.3, 0.4) is 0 Å². The standard InChI is InChI=1S/C16H24N2O2/c1-11(2)14-7-17-12(3)8-18(14)9-13-4-5-15-16(6-13)20-10-19-15/h4-6,11-12,14,17H,7-10H2,1-3H3. The van der Waals surface area contributed by atoms with Gasteiger partial charge >= 0.3 is 0 Å². The topological polar surface area (TPSA) is 33.7 Å². The third kappa shape index (κ3) is 2.76. The minimum absolute atomic E-state index is 0.345. The van der Waals surface area contributed by atoms with E-state index in [-0.39, 0.29) is 0 Å². The molecule has 1 saturated heterocycles. The molecular formula is C16H24N2O2. The summed E-state index contributed by atoms with van der Waals surface area (Å²) in [4.78, 5) is 2.59. The number of fused-ring (bicyclic) bond motifs is 1. The lowest BCUT2D eigenvalue weighted by atomic mass is 9.98. The predicted molar refractivity (Wildman–Crippen MR) is 79.1 cm³/mol. The molecule has 0 spiro atoms. The summed E-state index contributed by atoms with van der Waals surface area (Å²) >= 11 is 0. The molecule has 0 bridgehead atoms. The highest BCUT2D eigenvalue weighted by Crippen LogP contribution is 2.33. The fourth-order valence-electron chi connectivity index (χ4n) is 3.12. The fourth-order valence-corrected chi connectivity index (χ4v) is 3.12. The molecule has 2 aliphatic rings. The van der Waals surface area contributed by atoms with Gasteiger partial charge in [0.05, 0.1) is 0 Å². The van der Waals surface area contributed by atoms with Crippen molar-refractivity contribution in [1.29, 1.82) is 0 Å². The highest BCUT2D eigenvalue weighted by molar-refractivity contribution is 5.44. The zero-order chi connectivity index (χ0) is 14.1. The maximum Gasteiger partial charge on any atom is 0.231 e. The first-order chi connectivity index (χ1) is 9.63. The molecule has 0 amide bonds.